The molecule has 144 valence electrons. The molecule has 27 heavy (non-hydrogen) atoms. The lowest BCUT2D eigenvalue weighted by atomic mass is 10.0. The summed E-state index contributed by atoms with van der Waals surface area (Å²) in [6.45, 7) is 3.63. The van der Waals surface area contributed by atoms with E-state index in [1.165, 1.54) is 35.1 Å². The molecule has 2 aromatic heterocycles. The first-order valence-corrected chi connectivity index (χ1v) is 9.72. The molecule has 0 bridgehead atoms. The van der Waals surface area contributed by atoms with E-state index in [0.29, 0.717) is 19.6 Å². The molecular formula is C18H16BrF3N2O2S. The number of hydrogen-bond donors (Lipinski definition) is 0. The van der Waals surface area contributed by atoms with Crippen LogP contribution in [0.1, 0.15) is 35.9 Å². The van der Waals surface area contributed by atoms with Gasteiger partial charge in [0.1, 0.15) is 4.83 Å². The van der Waals surface area contributed by atoms with Crippen LogP contribution < -0.4 is 11.2 Å². The van der Waals surface area contributed by atoms with Crippen molar-refractivity contribution < 1.29 is 13.2 Å². The molecule has 9 heteroatoms. The van der Waals surface area contributed by atoms with Gasteiger partial charge in [-0.25, -0.2) is 4.79 Å². The second-order valence-electron chi connectivity index (χ2n) is 6.46. The summed E-state index contributed by atoms with van der Waals surface area (Å²) < 4.78 is 42.8. The van der Waals surface area contributed by atoms with Crippen LogP contribution in [0.5, 0.6) is 0 Å². The van der Waals surface area contributed by atoms with E-state index in [4.69, 9.17) is 0 Å². The van der Waals surface area contributed by atoms with Gasteiger partial charge in [-0.15, -0.1) is 11.3 Å². The molecule has 0 unspecified atom stereocenters. The Hall–Kier alpha value is -1.87. The summed E-state index contributed by atoms with van der Waals surface area (Å²) in [6, 6.07) is 5.16. The van der Waals surface area contributed by atoms with Crippen LogP contribution in [0.25, 0.3) is 10.2 Å². The van der Waals surface area contributed by atoms with Crippen molar-refractivity contribution in [1.29, 1.82) is 0 Å². The molecule has 3 rings (SSSR count). The third kappa shape index (κ3) is 3.38. The maximum absolute atomic E-state index is 13.3. The zero-order valence-electron chi connectivity index (χ0n) is 14.7. The van der Waals surface area contributed by atoms with Crippen molar-refractivity contribution in [3.63, 3.8) is 0 Å². The third-order valence-electron chi connectivity index (χ3n) is 4.32. The van der Waals surface area contributed by atoms with E-state index in [1.807, 2.05) is 13.8 Å². The topological polar surface area (TPSA) is 44.0 Å². The van der Waals surface area contributed by atoms with Crippen molar-refractivity contribution in [2.24, 2.45) is 7.05 Å². The minimum atomic E-state index is -4.46. The predicted molar refractivity (Wildman–Crippen MR) is 104 cm³/mol. The predicted octanol–water partition coefficient (Wildman–Crippen LogP) is 4.71. The van der Waals surface area contributed by atoms with Crippen LogP contribution in [-0.2, 0) is 19.6 Å². The molecule has 0 aliphatic carbocycles. The van der Waals surface area contributed by atoms with Crippen molar-refractivity contribution in [2.45, 2.75) is 32.5 Å². The summed E-state index contributed by atoms with van der Waals surface area (Å²) in [5.41, 5.74) is -1.50. The summed E-state index contributed by atoms with van der Waals surface area (Å²) in [6.07, 6.45) is -4.46. The Bertz CT molecular complexity index is 1140. The first-order chi connectivity index (χ1) is 12.5. The van der Waals surface area contributed by atoms with Gasteiger partial charge < -0.3 is 0 Å². The van der Waals surface area contributed by atoms with Gasteiger partial charge in [0.25, 0.3) is 5.56 Å². The molecule has 0 radical (unpaired) electrons. The SMILES string of the molecule is CC(C)n1c(=O)n(C)c(=O)c2c(Br)c(Cc3ccccc3C(F)(F)F)sc21. The third-order valence-corrected chi connectivity index (χ3v) is 6.65. The van der Waals surface area contributed by atoms with Gasteiger partial charge in [-0.2, -0.15) is 13.2 Å². The average Bonchev–Trinajstić information content (AvgIpc) is 2.88. The number of hydrogen-bond acceptors (Lipinski definition) is 3. The lowest BCUT2D eigenvalue weighted by molar-refractivity contribution is -0.138. The quantitative estimate of drug-likeness (QED) is 0.567. The van der Waals surface area contributed by atoms with Crippen LogP contribution in [0, 0.1) is 0 Å². The van der Waals surface area contributed by atoms with Crippen molar-refractivity contribution >= 4 is 37.5 Å². The van der Waals surface area contributed by atoms with Crippen LogP contribution in [-0.4, -0.2) is 9.13 Å². The largest absolute Gasteiger partial charge is 0.416 e. The summed E-state index contributed by atoms with van der Waals surface area (Å²) in [7, 11) is 1.39. The van der Waals surface area contributed by atoms with Crippen molar-refractivity contribution in [3.8, 4) is 0 Å². The molecule has 1 aromatic carbocycles. The minimum absolute atomic E-state index is 0.00501. The first-order valence-electron chi connectivity index (χ1n) is 8.11. The summed E-state index contributed by atoms with van der Waals surface area (Å²) in [4.78, 5) is 26.1. The molecule has 0 atom stereocenters. The van der Waals surface area contributed by atoms with Crippen molar-refractivity contribution in [1.82, 2.24) is 9.13 Å². The van der Waals surface area contributed by atoms with Gasteiger partial charge in [0.2, 0.25) is 0 Å². The van der Waals surface area contributed by atoms with Crippen LogP contribution in [0.2, 0.25) is 0 Å². The average molecular weight is 461 g/mol. The number of alkyl halides is 3. The van der Waals surface area contributed by atoms with Gasteiger partial charge in [0.15, 0.2) is 0 Å². The Labute approximate surface area is 165 Å². The van der Waals surface area contributed by atoms with Crippen LogP contribution in [0.3, 0.4) is 0 Å². The maximum atomic E-state index is 13.3. The van der Waals surface area contributed by atoms with E-state index in [2.05, 4.69) is 15.9 Å². The van der Waals surface area contributed by atoms with Crippen molar-refractivity contribution in [3.05, 3.63) is 65.6 Å². The van der Waals surface area contributed by atoms with Gasteiger partial charge in [-0.3, -0.25) is 13.9 Å². The number of thiophene rings is 1. The zero-order chi connectivity index (χ0) is 20.1. The fourth-order valence-electron chi connectivity index (χ4n) is 3.00. The highest BCUT2D eigenvalue weighted by Gasteiger charge is 2.33. The number of aromatic nitrogens is 2. The summed E-state index contributed by atoms with van der Waals surface area (Å²) in [5, 5.41) is 0.315. The Balaban J connectivity index is 2.26. The molecule has 0 saturated carbocycles. The fourth-order valence-corrected chi connectivity index (χ4v) is 5.20. The molecule has 0 spiro atoms. The molecule has 0 fully saturated rings. The molecule has 0 amide bonds. The lowest BCUT2D eigenvalue weighted by Gasteiger charge is -2.12. The smallest absolute Gasteiger partial charge is 0.282 e. The van der Waals surface area contributed by atoms with Crippen LogP contribution in [0.15, 0.2) is 38.3 Å². The van der Waals surface area contributed by atoms with Gasteiger partial charge in [0, 0.05) is 28.9 Å². The van der Waals surface area contributed by atoms with E-state index in [1.54, 1.807) is 6.07 Å². The monoisotopic (exact) mass is 460 g/mol. The standard InChI is InChI=1S/C18H16BrF3N2O2S/c1-9(2)24-16-13(15(25)23(3)17(24)26)14(19)12(27-16)8-10-6-4-5-7-11(10)18(20,21)22/h4-7,9H,8H2,1-3H3. The number of benzene rings is 1. The Kier molecular flexibility index (Phi) is 5.11. The summed E-state index contributed by atoms with van der Waals surface area (Å²) in [5.74, 6) is 0. The van der Waals surface area contributed by atoms with E-state index >= 15 is 0 Å². The fraction of sp³-hybridized carbons (Fsp3) is 0.333. The number of nitrogens with zero attached hydrogens (tertiary/aromatic N) is 2. The van der Waals surface area contributed by atoms with E-state index in [0.717, 1.165) is 10.6 Å². The molecule has 0 aliphatic rings. The number of halogens is 4. The zero-order valence-corrected chi connectivity index (χ0v) is 17.1. The Morgan fingerprint density at radius 3 is 2.41 bits per heavy atom. The van der Waals surface area contributed by atoms with E-state index in [9.17, 15) is 22.8 Å². The van der Waals surface area contributed by atoms with E-state index in [-0.39, 0.29) is 18.0 Å². The molecule has 0 N–H and O–H groups in total. The Morgan fingerprint density at radius 2 is 1.81 bits per heavy atom. The molecule has 4 nitrogen and oxygen atoms in total. The van der Waals surface area contributed by atoms with Crippen molar-refractivity contribution in [2.75, 3.05) is 0 Å². The summed E-state index contributed by atoms with van der Waals surface area (Å²) >= 11 is 4.54. The highest BCUT2D eigenvalue weighted by molar-refractivity contribution is 9.10. The molecule has 0 saturated heterocycles. The molecule has 0 aliphatic heterocycles. The van der Waals surface area contributed by atoms with Gasteiger partial charge in [-0.1, -0.05) is 18.2 Å². The number of rotatable bonds is 3. The minimum Gasteiger partial charge on any atom is -0.282 e. The molecule has 3 aromatic rings. The van der Waals surface area contributed by atoms with Gasteiger partial charge in [-0.05, 0) is 41.4 Å². The normalized spacial score (nSPS) is 12.3. The second kappa shape index (κ2) is 6.94. The highest BCUT2D eigenvalue weighted by Crippen LogP contribution is 2.38. The van der Waals surface area contributed by atoms with Crippen LogP contribution in [0.4, 0.5) is 13.2 Å². The maximum Gasteiger partial charge on any atom is 0.416 e. The first kappa shape index (κ1) is 19.9. The van der Waals surface area contributed by atoms with E-state index < -0.39 is 23.0 Å². The Morgan fingerprint density at radius 1 is 1.19 bits per heavy atom. The molecular weight excluding hydrogens is 445 g/mol. The number of fused-ring (bicyclic) bond motifs is 1. The van der Waals surface area contributed by atoms with Crippen LogP contribution >= 0.6 is 27.3 Å². The molecule has 2 heterocycles. The lowest BCUT2D eigenvalue weighted by Crippen LogP contribution is -2.38. The van der Waals surface area contributed by atoms with Gasteiger partial charge in [0.05, 0.1) is 10.9 Å². The van der Waals surface area contributed by atoms with Gasteiger partial charge >= 0.3 is 11.9 Å². The second-order valence-corrected chi connectivity index (χ2v) is 8.34. The highest BCUT2D eigenvalue weighted by atomic mass is 79.9.